The summed E-state index contributed by atoms with van der Waals surface area (Å²) in [7, 11) is 0. The van der Waals surface area contributed by atoms with Crippen molar-refractivity contribution in [2.45, 2.75) is 17.8 Å². The summed E-state index contributed by atoms with van der Waals surface area (Å²) in [6.07, 6.45) is 4.68. The van der Waals surface area contributed by atoms with Crippen molar-refractivity contribution in [3.63, 3.8) is 0 Å². The highest BCUT2D eigenvalue weighted by molar-refractivity contribution is 6.13. The molecule has 0 saturated carbocycles. The second-order valence-electron chi connectivity index (χ2n) is 19.9. The van der Waals surface area contributed by atoms with Crippen LogP contribution in [-0.2, 0) is 10.8 Å². The van der Waals surface area contributed by atoms with Gasteiger partial charge in [0.05, 0.1) is 22.2 Å². The number of hydrogen-bond acceptors (Lipinski definition) is 2. The SMILES string of the molecule is C=C(C=C1/C(=C\C)c2ccccc2C1(c1ccccc1)c1ccccc1)N(c1ccccc1)c1cccc2c1-c1ccccc1C21c2ccccc2-c2c1cc(N(c1ccccc1)c1ccccc1)c1ccccc21. The molecule has 75 heavy (non-hydrogen) atoms. The quantitative estimate of drug-likeness (QED) is 0.142. The van der Waals surface area contributed by atoms with Gasteiger partial charge in [0.25, 0.3) is 0 Å². The van der Waals surface area contributed by atoms with E-state index >= 15 is 0 Å². The van der Waals surface area contributed by atoms with Gasteiger partial charge in [0, 0.05) is 33.7 Å². The largest absolute Gasteiger partial charge is 0.310 e. The van der Waals surface area contributed by atoms with Crippen LogP contribution in [0.3, 0.4) is 0 Å². The minimum absolute atomic E-state index is 0.618. The average Bonchev–Trinajstić information content (AvgIpc) is 4.07. The Morgan fingerprint density at radius 2 is 0.813 bits per heavy atom. The van der Waals surface area contributed by atoms with E-state index in [-0.39, 0.29) is 0 Å². The van der Waals surface area contributed by atoms with Crippen LogP contribution in [0.2, 0.25) is 0 Å². The third kappa shape index (κ3) is 6.39. The molecule has 0 fully saturated rings. The van der Waals surface area contributed by atoms with Crippen molar-refractivity contribution >= 4 is 44.8 Å². The Balaban J connectivity index is 1.05. The maximum absolute atomic E-state index is 5.14. The van der Waals surface area contributed by atoms with Crippen molar-refractivity contribution in [1.29, 1.82) is 0 Å². The summed E-state index contributed by atoms with van der Waals surface area (Å²) in [4.78, 5) is 4.86. The Bertz CT molecular complexity index is 4000. The maximum atomic E-state index is 5.14. The first kappa shape index (κ1) is 44.2. The van der Waals surface area contributed by atoms with E-state index in [9.17, 15) is 0 Å². The molecule has 1 spiro atoms. The van der Waals surface area contributed by atoms with Gasteiger partial charge < -0.3 is 9.80 Å². The number of fused-ring (bicyclic) bond motifs is 13. The average molecular weight is 957 g/mol. The molecule has 0 radical (unpaired) electrons. The van der Waals surface area contributed by atoms with Crippen LogP contribution in [0.15, 0.2) is 303 Å². The van der Waals surface area contributed by atoms with Gasteiger partial charge in [0.2, 0.25) is 0 Å². The minimum atomic E-state index is -0.658. The molecule has 11 aromatic rings. The molecular weight excluding hydrogens is 905 g/mol. The van der Waals surface area contributed by atoms with E-state index < -0.39 is 10.8 Å². The summed E-state index contributed by atoms with van der Waals surface area (Å²) in [6, 6.07) is 100. The number of benzene rings is 11. The van der Waals surface area contributed by atoms with E-state index in [1.807, 2.05) is 0 Å². The predicted octanol–water partition coefficient (Wildman–Crippen LogP) is 18.7. The Labute approximate surface area is 439 Å². The third-order valence-electron chi connectivity index (χ3n) is 16.2. The van der Waals surface area contributed by atoms with Crippen LogP contribution in [0.1, 0.15) is 51.4 Å². The van der Waals surface area contributed by atoms with Gasteiger partial charge in [-0.2, -0.15) is 0 Å². The fraction of sp³-hybridized carbons (Fsp3) is 0.0411. The molecule has 0 bridgehead atoms. The lowest BCUT2D eigenvalue weighted by Gasteiger charge is -2.36. The Morgan fingerprint density at radius 3 is 1.37 bits per heavy atom. The topological polar surface area (TPSA) is 6.48 Å². The summed E-state index contributed by atoms with van der Waals surface area (Å²) in [5.41, 5.74) is 22.5. The molecule has 14 rings (SSSR count). The summed E-state index contributed by atoms with van der Waals surface area (Å²) in [5, 5.41) is 2.43. The van der Waals surface area contributed by atoms with Crippen LogP contribution in [-0.4, -0.2) is 0 Å². The van der Waals surface area contributed by atoms with Gasteiger partial charge in [0.15, 0.2) is 0 Å². The van der Waals surface area contributed by atoms with Gasteiger partial charge >= 0.3 is 0 Å². The minimum Gasteiger partial charge on any atom is -0.310 e. The molecule has 354 valence electrons. The highest BCUT2D eigenvalue weighted by Crippen LogP contribution is 2.67. The summed E-state index contributed by atoms with van der Waals surface area (Å²) >= 11 is 0. The predicted molar refractivity (Wildman–Crippen MR) is 314 cm³/mol. The number of rotatable bonds is 9. The molecule has 2 nitrogen and oxygen atoms in total. The zero-order valence-electron chi connectivity index (χ0n) is 41.7. The van der Waals surface area contributed by atoms with Crippen molar-refractivity contribution in [2.75, 3.05) is 9.80 Å². The molecular formula is C73H52N2. The standard InChI is InChI=1S/C73H52N2/c1-3-56-57-38-21-24-43-62(57)72(51-28-9-4-10-29-51,52-30-11-5-12-31-52)66(56)48-50(2)74(53-32-13-6-14-33-53)68-47-27-46-65-71(68)61-42-23-26-45-64(61)73(65)63-44-25-22-41-60(63)70-59-40-20-19-39-58(59)69(49-67(70)73)75(54-34-15-7-16-35-54)55-36-17-8-18-37-55/h3-49H,2H2,1H3/b56-3-,66-48?. The van der Waals surface area contributed by atoms with Crippen LogP contribution in [0.25, 0.3) is 38.6 Å². The number of allylic oxidation sites excluding steroid dienone is 4. The number of anilines is 5. The van der Waals surface area contributed by atoms with E-state index in [0.717, 1.165) is 34.1 Å². The van der Waals surface area contributed by atoms with Crippen LogP contribution >= 0.6 is 0 Å². The van der Waals surface area contributed by atoms with Crippen molar-refractivity contribution < 1.29 is 0 Å². The Kier molecular flexibility index (Phi) is 10.4. The molecule has 1 unspecified atom stereocenters. The van der Waals surface area contributed by atoms with E-state index in [2.05, 4.69) is 302 Å². The molecule has 11 aromatic carbocycles. The summed E-state index contributed by atoms with van der Waals surface area (Å²) in [5.74, 6) is 0. The van der Waals surface area contributed by atoms with Gasteiger partial charge in [-0.05, 0) is 139 Å². The molecule has 0 heterocycles. The fourth-order valence-corrected chi connectivity index (χ4v) is 13.4. The number of hydrogen-bond donors (Lipinski definition) is 0. The van der Waals surface area contributed by atoms with Gasteiger partial charge in [-0.15, -0.1) is 0 Å². The lowest BCUT2D eigenvalue weighted by Crippen LogP contribution is -2.29. The smallest absolute Gasteiger partial charge is 0.0727 e. The second-order valence-corrected chi connectivity index (χ2v) is 19.9. The lowest BCUT2D eigenvalue weighted by atomic mass is 9.67. The van der Waals surface area contributed by atoms with E-state index in [1.165, 1.54) is 88.7 Å². The van der Waals surface area contributed by atoms with Crippen LogP contribution in [0.4, 0.5) is 28.4 Å². The third-order valence-corrected chi connectivity index (χ3v) is 16.2. The first-order chi connectivity index (χ1) is 37.1. The van der Waals surface area contributed by atoms with Gasteiger partial charge in [-0.1, -0.05) is 237 Å². The molecule has 0 saturated heterocycles. The second kappa shape index (κ2) is 17.6. The molecule has 0 aromatic heterocycles. The molecule has 3 aliphatic carbocycles. The number of nitrogens with zero attached hydrogens (tertiary/aromatic N) is 2. The van der Waals surface area contributed by atoms with Crippen molar-refractivity contribution in [1.82, 2.24) is 0 Å². The van der Waals surface area contributed by atoms with E-state index in [0.29, 0.717) is 0 Å². The Morgan fingerprint density at radius 1 is 0.373 bits per heavy atom. The van der Waals surface area contributed by atoms with Gasteiger partial charge in [-0.3, -0.25) is 0 Å². The zero-order chi connectivity index (χ0) is 50.1. The zero-order valence-corrected chi connectivity index (χ0v) is 41.7. The highest BCUT2D eigenvalue weighted by atomic mass is 15.2. The first-order valence-electron chi connectivity index (χ1n) is 26.1. The lowest BCUT2D eigenvalue weighted by molar-refractivity contribution is 0.767. The van der Waals surface area contributed by atoms with Gasteiger partial charge in [0.1, 0.15) is 0 Å². The maximum Gasteiger partial charge on any atom is 0.0727 e. The normalized spacial score (nSPS) is 16.3. The molecule has 0 aliphatic heterocycles. The first-order valence-corrected chi connectivity index (χ1v) is 26.1. The molecule has 0 amide bonds. The number of para-hydroxylation sites is 3. The molecule has 0 N–H and O–H groups in total. The summed E-state index contributed by atoms with van der Waals surface area (Å²) in [6.45, 7) is 7.31. The monoisotopic (exact) mass is 956 g/mol. The van der Waals surface area contributed by atoms with Gasteiger partial charge in [-0.25, -0.2) is 0 Å². The van der Waals surface area contributed by atoms with Crippen LogP contribution < -0.4 is 9.80 Å². The Hall–Kier alpha value is -9.50. The van der Waals surface area contributed by atoms with Crippen LogP contribution in [0.5, 0.6) is 0 Å². The van der Waals surface area contributed by atoms with Crippen LogP contribution in [0, 0.1) is 0 Å². The van der Waals surface area contributed by atoms with Crippen molar-refractivity contribution in [2.24, 2.45) is 0 Å². The van der Waals surface area contributed by atoms with E-state index in [1.54, 1.807) is 0 Å². The van der Waals surface area contributed by atoms with Crippen molar-refractivity contribution in [3.8, 4) is 22.3 Å². The molecule has 3 aliphatic rings. The molecule has 2 heteroatoms. The highest BCUT2D eigenvalue weighted by Gasteiger charge is 2.54. The molecule has 1 atom stereocenters. The van der Waals surface area contributed by atoms with E-state index in [4.69, 9.17) is 6.58 Å². The summed E-state index contributed by atoms with van der Waals surface area (Å²) < 4.78 is 0. The fourth-order valence-electron chi connectivity index (χ4n) is 13.4. The van der Waals surface area contributed by atoms with Crippen molar-refractivity contribution in [3.05, 3.63) is 347 Å².